The Morgan fingerprint density at radius 2 is 1.56 bits per heavy atom. The standard InChI is InChI=1S/C32H35N2OSi/c1-18(2)22-11-12-24-27(16-22)34(7)28(17-29(24)36(8,9)10)30-20(4)19(3)15-25-23-13-14-26(33-6)21(5)31(23)35-32(25)30/h11-18H,1-5,7-10H3/q+1. The average Bonchev–Trinajstić information content (AvgIpc) is 3.18. The zero-order valence-corrected chi connectivity index (χ0v) is 23.9. The number of rotatable bonds is 3. The fraction of sp³-hybridized carbons (Fsp3) is 0.312. The highest BCUT2D eigenvalue weighted by Crippen LogP contribution is 2.41. The van der Waals surface area contributed by atoms with E-state index < -0.39 is 8.07 Å². The zero-order chi connectivity index (χ0) is 26.1. The molecule has 0 unspecified atom stereocenters. The summed E-state index contributed by atoms with van der Waals surface area (Å²) in [6.07, 6.45) is 0. The van der Waals surface area contributed by atoms with Crippen molar-refractivity contribution in [1.29, 1.82) is 0 Å². The van der Waals surface area contributed by atoms with Gasteiger partial charge in [-0.3, -0.25) is 0 Å². The van der Waals surface area contributed by atoms with Crippen LogP contribution >= 0.6 is 0 Å². The molecule has 0 fully saturated rings. The van der Waals surface area contributed by atoms with Crippen molar-refractivity contribution < 1.29 is 8.98 Å². The van der Waals surface area contributed by atoms with E-state index in [9.17, 15) is 0 Å². The third-order valence-corrected chi connectivity index (χ3v) is 9.87. The normalized spacial score (nSPS) is 12.2. The maximum absolute atomic E-state index is 7.56. The van der Waals surface area contributed by atoms with Gasteiger partial charge in [-0.25, -0.2) is 4.85 Å². The van der Waals surface area contributed by atoms with Crippen molar-refractivity contribution in [2.75, 3.05) is 0 Å². The third kappa shape index (κ3) is 3.57. The molecule has 5 aromatic rings. The first-order valence-corrected chi connectivity index (χ1v) is 16.2. The largest absolute Gasteiger partial charge is 0.456 e. The fourth-order valence-electron chi connectivity index (χ4n) is 5.47. The Morgan fingerprint density at radius 1 is 0.861 bits per heavy atom. The zero-order valence-electron chi connectivity index (χ0n) is 22.9. The second kappa shape index (κ2) is 8.32. The minimum atomic E-state index is -1.66. The van der Waals surface area contributed by atoms with E-state index in [2.05, 4.69) is 94.1 Å². The SMILES string of the molecule is [C-]#[N+]c1ccc2c(oc3c(-c4cc([Si](C)(C)C)c5ccc(C(C)C)cc5[n+]4C)c(C)c(C)cc32)c1C. The summed E-state index contributed by atoms with van der Waals surface area (Å²) in [5.74, 6) is 0.468. The summed E-state index contributed by atoms with van der Waals surface area (Å²) < 4.78 is 9.01. The van der Waals surface area contributed by atoms with Gasteiger partial charge in [-0.1, -0.05) is 51.7 Å². The Hall–Kier alpha value is -3.42. The lowest BCUT2D eigenvalue weighted by molar-refractivity contribution is -0.633. The number of fused-ring (bicyclic) bond motifs is 4. The molecule has 0 saturated carbocycles. The molecule has 0 atom stereocenters. The predicted octanol–water partition coefficient (Wildman–Crippen LogP) is 8.38. The number of furan rings is 1. The molecule has 0 spiro atoms. The lowest BCUT2D eigenvalue weighted by Gasteiger charge is -2.21. The average molecular weight is 492 g/mol. The van der Waals surface area contributed by atoms with Crippen LogP contribution in [0.3, 0.4) is 0 Å². The van der Waals surface area contributed by atoms with Crippen molar-refractivity contribution in [2.24, 2.45) is 7.05 Å². The van der Waals surface area contributed by atoms with Gasteiger partial charge < -0.3 is 4.42 Å². The highest BCUT2D eigenvalue weighted by atomic mass is 28.3. The Kier molecular flexibility index (Phi) is 5.61. The molecule has 2 aromatic heterocycles. The fourth-order valence-corrected chi connectivity index (χ4v) is 7.06. The summed E-state index contributed by atoms with van der Waals surface area (Å²) >= 11 is 0. The summed E-state index contributed by atoms with van der Waals surface area (Å²) in [5.41, 5.74) is 10.7. The molecule has 0 radical (unpaired) electrons. The van der Waals surface area contributed by atoms with Crippen LogP contribution in [0.25, 0.3) is 48.9 Å². The maximum atomic E-state index is 7.56. The van der Waals surface area contributed by atoms with Gasteiger partial charge in [0, 0.05) is 28.3 Å². The van der Waals surface area contributed by atoms with E-state index >= 15 is 0 Å². The predicted molar refractivity (Wildman–Crippen MR) is 155 cm³/mol. The summed E-state index contributed by atoms with van der Waals surface area (Å²) in [6.45, 7) is 25.7. The molecule has 0 saturated heterocycles. The summed E-state index contributed by atoms with van der Waals surface area (Å²) in [7, 11) is 0.531. The molecule has 0 aliphatic heterocycles. The van der Waals surface area contributed by atoms with Crippen molar-refractivity contribution in [1.82, 2.24) is 0 Å². The van der Waals surface area contributed by atoms with Crippen LogP contribution < -0.4 is 9.75 Å². The van der Waals surface area contributed by atoms with Gasteiger partial charge in [0.2, 0.25) is 11.2 Å². The topological polar surface area (TPSA) is 21.4 Å². The van der Waals surface area contributed by atoms with Crippen LogP contribution in [0.15, 0.2) is 46.9 Å². The quantitative estimate of drug-likeness (QED) is 0.141. The van der Waals surface area contributed by atoms with Crippen molar-refractivity contribution in [2.45, 2.75) is 60.2 Å². The molecule has 4 heteroatoms. The minimum absolute atomic E-state index is 0.468. The van der Waals surface area contributed by atoms with Gasteiger partial charge in [-0.15, -0.1) is 0 Å². The monoisotopic (exact) mass is 491 g/mol. The van der Waals surface area contributed by atoms with Crippen LogP contribution in [0.1, 0.15) is 42.0 Å². The van der Waals surface area contributed by atoms with Crippen LogP contribution in [0, 0.1) is 27.3 Å². The first-order valence-electron chi connectivity index (χ1n) is 12.7. The number of benzene rings is 3. The summed E-state index contributed by atoms with van der Waals surface area (Å²) in [6, 6.07) is 15.6. The van der Waals surface area contributed by atoms with Crippen LogP contribution in [0.4, 0.5) is 5.69 Å². The second-order valence-electron chi connectivity index (χ2n) is 11.6. The van der Waals surface area contributed by atoms with E-state index in [1.165, 1.54) is 38.5 Å². The van der Waals surface area contributed by atoms with Crippen LogP contribution in [0.2, 0.25) is 19.6 Å². The number of aryl methyl sites for hydroxylation is 3. The van der Waals surface area contributed by atoms with Crippen LogP contribution in [-0.2, 0) is 7.05 Å². The summed E-state index contributed by atoms with van der Waals surface area (Å²) in [5, 5.41) is 5.02. The molecule has 3 aromatic carbocycles. The number of hydrogen-bond donors (Lipinski definition) is 0. The van der Waals surface area contributed by atoms with E-state index in [1.807, 2.05) is 19.1 Å². The molecule has 182 valence electrons. The van der Waals surface area contributed by atoms with Crippen LogP contribution in [-0.4, -0.2) is 8.07 Å². The number of pyridine rings is 1. The summed E-state index contributed by atoms with van der Waals surface area (Å²) in [4.78, 5) is 3.71. The lowest BCUT2D eigenvalue weighted by Crippen LogP contribution is -2.43. The van der Waals surface area contributed by atoms with E-state index in [-0.39, 0.29) is 0 Å². The minimum Gasteiger partial charge on any atom is -0.456 e. The van der Waals surface area contributed by atoms with E-state index in [4.69, 9.17) is 11.0 Å². The van der Waals surface area contributed by atoms with Gasteiger partial charge in [-0.05, 0) is 66.3 Å². The van der Waals surface area contributed by atoms with Crippen molar-refractivity contribution >= 4 is 51.8 Å². The molecule has 0 amide bonds. The lowest BCUT2D eigenvalue weighted by atomic mass is 9.95. The molecule has 5 rings (SSSR count). The van der Waals surface area contributed by atoms with Crippen molar-refractivity contribution in [3.8, 4) is 11.3 Å². The molecule has 2 heterocycles. The number of hydrogen-bond acceptors (Lipinski definition) is 1. The first-order chi connectivity index (χ1) is 16.9. The number of aromatic nitrogens is 1. The molecule has 0 bridgehead atoms. The van der Waals surface area contributed by atoms with Crippen molar-refractivity contribution in [3.63, 3.8) is 0 Å². The Morgan fingerprint density at radius 3 is 2.19 bits per heavy atom. The highest BCUT2D eigenvalue weighted by Gasteiger charge is 2.30. The third-order valence-electron chi connectivity index (χ3n) is 7.84. The molecule has 0 aliphatic rings. The molecular weight excluding hydrogens is 456 g/mol. The highest BCUT2D eigenvalue weighted by molar-refractivity contribution is 6.90. The van der Waals surface area contributed by atoms with E-state index in [1.54, 1.807) is 0 Å². The van der Waals surface area contributed by atoms with Gasteiger partial charge in [0.25, 0.3) is 0 Å². The van der Waals surface area contributed by atoms with Gasteiger partial charge in [0.15, 0.2) is 5.69 Å². The molecule has 0 aliphatic carbocycles. The molecule has 3 nitrogen and oxygen atoms in total. The Labute approximate surface area is 215 Å². The smallest absolute Gasteiger partial charge is 0.216 e. The molecule has 0 N–H and O–H groups in total. The second-order valence-corrected chi connectivity index (χ2v) is 16.6. The van der Waals surface area contributed by atoms with Gasteiger partial charge in [0.1, 0.15) is 18.2 Å². The molecule has 36 heavy (non-hydrogen) atoms. The van der Waals surface area contributed by atoms with E-state index in [0.29, 0.717) is 11.6 Å². The Balaban J connectivity index is 1.97. The van der Waals surface area contributed by atoms with Gasteiger partial charge >= 0.3 is 0 Å². The van der Waals surface area contributed by atoms with Crippen molar-refractivity contribution in [3.05, 3.63) is 76.1 Å². The first kappa shape index (κ1) is 24.3. The molecular formula is C32H35N2OSi+. The number of nitrogens with zero attached hydrogens (tertiary/aromatic N) is 2. The Bertz CT molecular complexity index is 1740. The van der Waals surface area contributed by atoms with Gasteiger partial charge in [0.05, 0.1) is 20.2 Å². The van der Waals surface area contributed by atoms with Gasteiger partial charge in [-0.2, -0.15) is 4.57 Å². The maximum Gasteiger partial charge on any atom is 0.216 e. The van der Waals surface area contributed by atoms with Crippen LogP contribution in [0.5, 0.6) is 0 Å². The van der Waals surface area contributed by atoms with E-state index in [0.717, 1.165) is 33.1 Å².